The number of nitrogens with zero attached hydrogens (tertiary/aromatic N) is 7. The maximum atomic E-state index is 5.68. The number of rotatable bonds is 3. The van der Waals surface area contributed by atoms with Crippen LogP contribution in [0, 0.1) is 6.92 Å². The molecule has 0 amide bonds. The summed E-state index contributed by atoms with van der Waals surface area (Å²) in [5, 5.41) is 17.5. The fourth-order valence-corrected chi connectivity index (χ4v) is 3.47. The van der Waals surface area contributed by atoms with Crippen LogP contribution in [0.4, 0.5) is 5.82 Å². The van der Waals surface area contributed by atoms with E-state index in [1.807, 2.05) is 43.0 Å². The van der Waals surface area contributed by atoms with Gasteiger partial charge in [0.05, 0.1) is 11.4 Å². The predicted molar refractivity (Wildman–Crippen MR) is 96.5 cm³/mol. The van der Waals surface area contributed by atoms with E-state index in [-0.39, 0.29) is 0 Å². The maximum absolute atomic E-state index is 5.68. The molecule has 2 N–H and O–H groups in total. The van der Waals surface area contributed by atoms with Gasteiger partial charge in [-0.25, -0.2) is 4.98 Å². The molecule has 8 nitrogen and oxygen atoms in total. The third-order valence-electron chi connectivity index (χ3n) is 4.99. The van der Waals surface area contributed by atoms with Gasteiger partial charge in [-0.2, -0.15) is 14.7 Å². The molecule has 1 aliphatic rings. The highest BCUT2D eigenvalue weighted by Gasteiger charge is 2.41. The quantitative estimate of drug-likeness (QED) is 0.610. The minimum Gasteiger partial charge on any atom is -0.384 e. The zero-order chi connectivity index (χ0) is 17.8. The SMILES string of the molecule is Cc1nnc2ccc(-c3cc(C4CC4c4ccc(N)nc4)nn3C)nn12. The van der Waals surface area contributed by atoms with Crippen molar-refractivity contribution in [2.45, 2.75) is 25.2 Å². The van der Waals surface area contributed by atoms with Gasteiger partial charge in [-0.05, 0) is 49.1 Å². The number of hydrogen-bond donors (Lipinski definition) is 1. The summed E-state index contributed by atoms with van der Waals surface area (Å²) in [6.45, 7) is 1.89. The molecule has 4 aromatic rings. The average molecular weight is 346 g/mol. The molecule has 4 aromatic heterocycles. The van der Waals surface area contributed by atoms with Crippen LogP contribution in [0.3, 0.4) is 0 Å². The predicted octanol–water partition coefficient (Wildman–Crippen LogP) is 2.08. The summed E-state index contributed by atoms with van der Waals surface area (Å²) in [5.41, 5.74) is 10.6. The van der Waals surface area contributed by atoms with Gasteiger partial charge in [0, 0.05) is 19.2 Å². The Labute approximate surface area is 149 Å². The highest BCUT2D eigenvalue weighted by Crippen LogP contribution is 2.54. The second-order valence-electron chi connectivity index (χ2n) is 6.78. The van der Waals surface area contributed by atoms with Crippen LogP contribution in [0.15, 0.2) is 36.5 Å². The third-order valence-corrected chi connectivity index (χ3v) is 4.99. The molecule has 0 aliphatic heterocycles. The van der Waals surface area contributed by atoms with E-state index in [4.69, 9.17) is 10.8 Å². The summed E-state index contributed by atoms with van der Waals surface area (Å²) in [6, 6.07) is 9.92. The maximum Gasteiger partial charge on any atom is 0.177 e. The molecule has 4 heterocycles. The van der Waals surface area contributed by atoms with Gasteiger partial charge in [-0.3, -0.25) is 4.68 Å². The van der Waals surface area contributed by atoms with E-state index >= 15 is 0 Å². The Hall–Kier alpha value is -3.29. The lowest BCUT2D eigenvalue weighted by atomic mass is 10.1. The normalized spacial score (nSPS) is 19.2. The van der Waals surface area contributed by atoms with E-state index in [0.29, 0.717) is 17.7 Å². The van der Waals surface area contributed by atoms with Crippen LogP contribution in [0.2, 0.25) is 0 Å². The Bertz CT molecular complexity index is 1110. The van der Waals surface area contributed by atoms with Gasteiger partial charge in [0.15, 0.2) is 11.5 Å². The van der Waals surface area contributed by atoms with Gasteiger partial charge in [-0.15, -0.1) is 10.2 Å². The molecular formula is C18H18N8. The van der Waals surface area contributed by atoms with E-state index < -0.39 is 0 Å². The van der Waals surface area contributed by atoms with Crippen LogP contribution in [-0.4, -0.2) is 34.6 Å². The average Bonchev–Trinajstić information content (AvgIpc) is 3.23. The first kappa shape index (κ1) is 15.0. The van der Waals surface area contributed by atoms with Gasteiger partial charge in [0.1, 0.15) is 11.5 Å². The van der Waals surface area contributed by atoms with E-state index in [1.165, 1.54) is 5.56 Å². The number of anilines is 1. The smallest absolute Gasteiger partial charge is 0.177 e. The summed E-state index contributed by atoms with van der Waals surface area (Å²) in [7, 11) is 1.95. The van der Waals surface area contributed by atoms with E-state index in [0.717, 1.165) is 35.0 Å². The minimum atomic E-state index is 0.417. The Morgan fingerprint density at radius 2 is 1.96 bits per heavy atom. The summed E-state index contributed by atoms with van der Waals surface area (Å²) in [4.78, 5) is 4.20. The second-order valence-corrected chi connectivity index (χ2v) is 6.78. The topological polar surface area (TPSA) is 99.8 Å². The van der Waals surface area contributed by atoms with Crippen LogP contribution in [0.1, 0.15) is 35.3 Å². The Morgan fingerprint density at radius 1 is 1.08 bits per heavy atom. The van der Waals surface area contributed by atoms with Crippen LogP contribution in [0.5, 0.6) is 0 Å². The Balaban J connectivity index is 1.46. The lowest BCUT2D eigenvalue weighted by Gasteiger charge is -2.01. The van der Waals surface area contributed by atoms with Crippen molar-refractivity contribution in [1.29, 1.82) is 0 Å². The van der Waals surface area contributed by atoms with Crippen molar-refractivity contribution in [3.05, 3.63) is 53.6 Å². The molecular weight excluding hydrogens is 328 g/mol. The fraction of sp³-hybridized carbons (Fsp3) is 0.278. The van der Waals surface area contributed by atoms with Crippen molar-refractivity contribution >= 4 is 11.5 Å². The molecule has 1 fully saturated rings. The van der Waals surface area contributed by atoms with Crippen molar-refractivity contribution in [2.75, 3.05) is 5.73 Å². The number of aryl methyl sites for hydroxylation is 2. The molecule has 0 radical (unpaired) electrons. The molecule has 1 aliphatic carbocycles. The van der Waals surface area contributed by atoms with Gasteiger partial charge in [-0.1, -0.05) is 6.07 Å². The number of nitrogens with two attached hydrogens (primary N) is 1. The number of pyridine rings is 1. The van der Waals surface area contributed by atoms with Crippen LogP contribution < -0.4 is 5.73 Å². The first-order chi connectivity index (χ1) is 12.6. The monoisotopic (exact) mass is 346 g/mol. The van der Waals surface area contributed by atoms with Gasteiger partial charge in [0.25, 0.3) is 0 Å². The summed E-state index contributed by atoms with van der Waals surface area (Å²) in [6.07, 6.45) is 2.95. The molecule has 0 aromatic carbocycles. The first-order valence-corrected chi connectivity index (χ1v) is 8.55. The molecule has 5 rings (SSSR count). The number of aromatic nitrogens is 7. The van der Waals surface area contributed by atoms with E-state index in [2.05, 4.69) is 32.4 Å². The van der Waals surface area contributed by atoms with Crippen molar-refractivity contribution in [3.8, 4) is 11.4 Å². The lowest BCUT2D eigenvalue weighted by Crippen LogP contribution is -2.00. The highest BCUT2D eigenvalue weighted by molar-refractivity contribution is 5.57. The first-order valence-electron chi connectivity index (χ1n) is 8.55. The lowest BCUT2D eigenvalue weighted by molar-refractivity contribution is 0.741. The molecule has 0 saturated heterocycles. The zero-order valence-electron chi connectivity index (χ0n) is 14.5. The van der Waals surface area contributed by atoms with Crippen molar-refractivity contribution < 1.29 is 0 Å². The van der Waals surface area contributed by atoms with Gasteiger partial charge >= 0.3 is 0 Å². The summed E-state index contributed by atoms with van der Waals surface area (Å²) in [5.74, 6) is 2.20. The fourth-order valence-electron chi connectivity index (χ4n) is 3.47. The largest absolute Gasteiger partial charge is 0.384 e. The molecule has 2 unspecified atom stereocenters. The molecule has 0 bridgehead atoms. The van der Waals surface area contributed by atoms with E-state index in [9.17, 15) is 0 Å². The molecule has 26 heavy (non-hydrogen) atoms. The van der Waals surface area contributed by atoms with Gasteiger partial charge < -0.3 is 5.73 Å². The van der Waals surface area contributed by atoms with Crippen LogP contribution >= 0.6 is 0 Å². The minimum absolute atomic E-state index is 0.417. The van der Waals surface area contributed by atoms with Crippen molar-refractivity contribution in [1.82, 2.24) is 34.6 Å². The van der Waals surface area contributed by atoms with Crippen LogP contribution in [-0.2, 0) is 7.05 Å². The molecule has 0 spiro atoms. The Morgan fingerprint density at radius 3 is 2.77 bits per heavy atom. The Kier molecular flexibility index (Phi) is 3.09. The summed E-state index contributed by atoms with van der Waals surface area (Å²) >= 11 is 0. The molecule has 1 saturated carbocycles. The van der Waals surface area contributed by atoms with Gasteiger partial charge in [0.2, 0.25) is 0 Å². The number of fused-ring (bicyclic) bond motifs is 1. The standard InChI is InChI=1S/C18H18N8/c1-10-21-22-18-6-4-14(24-26(10)18)16-8-15(23-25(16)2)13-7-12(13)11-3-5-17(19)20-9-11/h3-6,8-9,12-13H,7H2,1-2H3,(H2,19,20). The number of hydrogen-bond acceptors (Lipinski definition) is 6. The summed E-state index contributed by atoms with van der Waals surface area (Å²) < 4.78 is 3.64. The molecule has 2 atom stereocenters. The highest BCUT2D eigenvalue weighted by atomic mass is 15.4. The zero-order valence-corrected chi connectivity index (χ0v) is 14.5. The second kappa shape index (κ2) is 5.35. The van der Waals surface area contributed by atoms with Crippen molar-refractivity contribution in [2.24, 2.45) is 7.05 Å². The number of nitrogen functional groups attached to an aromatic ring is 1. The third kappa shape index (κ3) is 2.33. The molecule has 130 valence electrons. The molecule has 8 heteroatoms. The van der Waals surface area contributed by atoms with Crippen LogP contribution in [0.25, 0.3) is 17.0 Å². The van der Waals surface area contributed by atoms with E-state index in [1.54, 1.807) is 4.52 Å². The van der Waals surface area contributed by atoms with Crippen molar-refractivity contribution in [3.63, 3.8) is 0 Å².